The molecule has 0 radical (unpaired) electrons. The van der Waals surface area contributed by atoms with Crippen LogP contribution in [0.5, 0.6) is 5.88 Å². The van der Waals surface area contributed by atoms with Crippen molar-refractivity contribution in [3.8, 4) is 16.3 Å². The fourth-order valence-electron chi connectivity index (χ4n) is 3.51. The first-order valence-corrected chi connectivity index (χ1v) is 14.8. The molecular formula is C25H33NOSSi. The van der Waals surface area contributed by atoms with Crippen LogP contribution < -0.4 is 4.43 Å². The van der Waals surface area contributed by atoms with Crippen molar-refractivity contribution in [2.45, 2.75) is 59.2 Å². The lowest BCUT2D eigenvalue weighted by molar-refractivity contribution is 0.536. The van der Waals surface area contributed by atoms with Crippen LogP contribution in [0.1, 0.15) is 49.2 Å². The molecule has 1 unspecified atom stereocenters. The smallest absolute Gasteiger partial charge is 0.244 e. The molecule has 4 heteroatoms. The van der Waals surface area contributed by atoms with Gasteiger partial charge in [-0.15, -0.1) is 11.3 Å². The monoisotopic (exact) mass is 423 g/mol. The van der Waals surface area contributed by atoms with E-state index >= 15 is 0 Å². The molecule has 154 valence electrons. The van der Waals surface area contributed by atoms with Gasteiger partial charge in [0.15, 0.2) is 0 Å². The summed E-state index contributed by atoms with van der Waals surface area (Å²) in [6, 6.07) is 19.6. The summed E-state index contributed by atoms with van der Waals surface area (Å²) in [5, 5.41) is 1.15. The summed E-state index contributed by atoms with van der Waals surface area (Å²) in [5.74, 6) is 1.79. The Kier molecular flexibility index (Phi) is 6.96. The van der Waals surface area contributed by atoms with Crippen molar-refractivity contribution in [3.05, 3.63) is 70.7 Å². The first-order chi connectivity index (χ1) is 13.8. The molecule has 3 rings (SSSR count). The quantitative estimate of drug-likeness (QED) is 0.345. The van der Waals surface area contributed by atoms with Gasteiger partial charge in [0.05, 0.1) is 4.88 Å². The van der Waals surface area contributed by atoms with Gasteiger partial charge in [-0.25, -0.2) is 4.98 Å². The molecule has 1 atom stereocenters. The summed E-state index contributed by atoms with van der Waals surface area (Å²) in [5.41, 5.74) is 3.94. The predicted octanol–water partition coefficient (Wildman–Crippen LogP) is 7.76. The minimum Gasteiger partial charge on any atom is -0.530 e. The van der Waals surface area contributed by atoms with Crippen molar-refractivity contribution in [2.75, 3.05) is 0 Å². The summed E-state index contributed by atoms with van der Waals surface area (Å²) >= 11 is 1.78. The van der Waals surface area contributed by atoms with Crippen molar-refractivity contribution in [1.29, 1.82) is 0 Å². The van der Waals surface area contributed by atoms with E-state index < -0.39 is 8.32 Å². The topological polar surface area (TPSA) is 22.1 Å². The maximum absolute atomic E-state index is 6.40. The van der Waals surface area contributed by atoms with Crippen LogP contribution in [0.4, 0.5) is 0 Å². The van der Waals surface area contributed by atoms with Crippen LogP contribution in [-0.4, -0.2) is 13.3 Å². The molecule has 3 aromatic rings. The molecule has 0 amide bonds. The lowest BCUT2D eigenvalue weighted by Gasteiger charge is -2.18. The SMILES string of the molecule is CCC(c1ccc(CC(C)C)cc1)c1nc(O[Si](C)(C)C)c(-c2ccccc2)s1. The Bertz CT molecular complexity index is 910. The number of hydrogen-bond acceptors (Lipinski definition) is 3. The van der Waals surface area contributed by atoms with E-state index in [1.807, 2.05) is 0 Å². The van der Waals surface area contributed by atoms with E-state index in [0.717, 1.165) is 28.6 Å². The van der Waals surface area contributed by atoms with Crippen LogP contribution in [-0.2, 0) is 6.42 Å². The van der Waals surface area contributed by atoms with Crippen LogP contribution in [0.15, 0.2) is 54.6 Å². The summed E-state index contributed by atoms with van der Waals surface area (Å²) < 4.78 is 6.40. The number of hydrogen-bond donors (Lipinski definition) is 0. The molecule has 0 N–H and O–H groups in total. The van der Waals surface area contributed by atoms with E-state index in [-0.39, 0.29) is 0 Å². The zero-order valence-corrected chi connectivity index (χ0v) is 20.3. The molecule has 0 aliphatic carbocycles. The molecule has 0 saturated carbocycles. The highest BCUT2D eigenvalue weighted by Crippen LogP contribution is 2.42. The van der Waals surface area contributed by atoms with Gasteiger partial charge in [0, 0.05) is 5.92 Å². The normalized spacial score (nSPS) is 12.9. The van der Waals surface area contributed by atoms with E-state index in [1.54, 1.807) is 11.3 Å². The molecule has 0 bridgehead atoms. The van der Waals surface area contributed by atoms with Crippen LogP contribution in [0, 0.1) is 5.92 Å². The highest BCUT2D eigenvalue weighted by atomic mass is 32.1. The first kappa shape index (κ1) is 21.8. The Morgan fingerprint density at radius 3 is 2.17 bits per heavy atom. The molecule has 2 aromatic carbocycles. The molecule has 2 nitrogen and oxygen atoms in total. The Labute approximate surface area is 181 Å². The van der Waals surface area contributed by atoms with Crippen LogP contribution in [0.2, 0.25) is 19.6 Å². The van der Waals surface area contributed by atoms with Crippen molar-refractivity contribution in [1.82, 2.24) is 4.98 Å². The number of benzene rings is 2. The number of nitrogens with zero attached hydrogens (tertiary/aromatic N) is 1. The predicted molar refractivity (Wildman–Crippen MR) is 129 cm³/mol. The molecule has 0 aliphatic heterocycles. The minimum atomic E-state index is -1.75. The van der Waals surface area contributed by atoms with Crippen LogP contribution in [0.3, 0.4) is 0 Å². The molecule has 1 heterocycles. The molecular weight excluding hydrogens is 390 g/mol. The number of thiazole rings is 1. The first-order valence-electron chi connectivity index (χ1n) is 10.6. The van der Waals surface area contributed by atoms with Crippen LogP contribution >= 0.6 is 11.3 Å². The Morgan fingerprint density at radius 1 is 0.966 bits per heavy atom. The van der Waals surface area contributed by atoms with Gasteiger partial charge < -0.3 is 4.43 Å². The summed E-state index contributed by atoms with van der Waals surface area (Å²) in [6.45, 7) is 13.4. The van der Waals surface area contributed by atoms with E-state index in [9.17, 15) is 0 Å². The maximum atomic E-state index is 6.40. The third-order valence-corrected chi connectivity index (χ3v) is 6.79. The second kappa shape index (κ2) is 9.27. The number of rotatable bonds is 8. The Hall–Kier alpha value is -1.91. The summed E-state index contributed by atoms with van der Waals surface area (Å²) in [4.78, 5) is 6.17. The highest BCUT2D eigenvalue weighted by molar-refractivity contribution is 7.15. The second-order valence-corrected chi connectivity index (χ2v) is 14.5. The van der Waals surface area contributed by atoms with Gasteiger partial charge in [-0.3, -0.25) is 0 Å². The average Bonchev–Trinajstić information content (AvgIpc) is 3.05. The zero-order valence-electron chi connectivity index (χ0n) is 18.5. The van der Waals surface area contributed by atoms with E-state index in [2.05, 4.69) is 95.0 Å². The van der Waals surface area contributed by atoms with Gasteiger partial charge in [0.25, 0.3) is 0 Å². The van der Waals surface area contributed by atoms with Crippen molar-refractivity contribution in [3.63, 3.8) is 0 Å². The summed E-state index contributed by atoms with van der Waals surface area (Å²) in [7, 11) is -1.75. The molecule has 1 aromatic heterocycles. The maximum Gasteiger partial charge on any atom is 0.244 e. The minimum absolute atomic E-state index is 0.301. The van der Waals surface area contributed by atoms with E-state index in [4.69, 9.17) is 9.41 Å². The second-order valence-electron chi connectivity index (χ2n) is 9.07. The van der Waals surface area contributed by atoms with Crippen molar-refractivity contribution < 1.29 is 4.43 Å². The van der Waals surface area contributed by atoms with Crippen molar-refractivity contribution in [2.24, 2.45) is 5.92 Å². The fraction of sp³-hybridized carbons (Fsp3) is 0.400. The third-order valence-electron chi connectivity index (χ3n) is 4.78. The lowest BCUT2D eigenvalue weighted by atomic mass is 9.94. The molecule has 29 heavy (non-hydrogen) atoms. The third kappa shape index (κ3) is 5.80. The average molecular weight is 424 g/mol. The van der Waals surface area contributed by atoms with Gasteiger partial charge in [-0.1, -0.05) is 75.4 Å². The Balaban J connectivity index is 1.97. The fourth-order valence-corrected chi connectivity index (χ4v) is 5.53. The van der Waals surface area contributed by atoms with Gasteiger partial charge in [-0.2, -0.15) is 0 Å². The highest BCUT2D eigenvalue weighted by Gasteiger charge is 2.25. The Morgan fingerprint density at radius 2 is 1.62 bits per heavy atom. The molecule has 0 aliphatic rings. The van der Waals surface area contributed by atoms with E-state index in [1.165, 1.54) is 16.7 Å². The largest absolute Gasteiger partial charge is 0.530 e. The van der Waals surface area contributed by atoms with Crippen LogP contribution in [0.25, 0.3) is 10.4 Å². The molecule has 0 saturated heterocycles. The van der Waals surface area contributed by atoms with Gasteiger partial charge in [0.2, 0.25) is 14.2 Å². The number of aromatic nitrogens is 1. The van der Waals surface area contributed by atoms with Gasteiger partial charge in [0.1, 0.15) is 5.01 Å². The molecule has 0 spiro atoms. The van der Waals surface area contributed by atoms with Gasteiger partial charge >= 0.3 is 0 Å². The molecule has 0 fully saturated rings. The zero-order chi connectivity index (χ0) is 21.0. The lowest BCUT2D eigenvalue weighted by Crippen LogP contribution is -2.29. The van der Waals surface area contributed by atoms with E-state index in [0.29, 0.717) is 11.8 Å². The van der Waals surface area contributed by atoms with Gasteiger partial charge in [-0.05, 0) is 55.1 Å². The van der Waals surface area contributed by atoms with Crippen molar-refractivity contribution >= 4 is 19.7 Å². The summed E-state index contributed by atoms with van der Waals surface area (Å²) in [6.07, 6.45) is 2.15. The standard InChI is InChI=1S/C25H33NOSSi/c1-7-22(20-15-13-19(14-16-20)17-18(2)3)25-26-24(27-29(4,5)6)23(28-25)21-11-9-8-10-12-21/h8-16,18,22H,7,17H2,1-6H3.